The van der Waals surface area contributed by atoms with Crippen LogP contribution in [0, 0.1) is 0 Å². The maximum absolute atomic E-state index is 5.39. The molecular weight excluding hydrogens is 667 g/mol. The molecule has 258 valence electrons. The van der Waals surface area contributed by atoms with Crippen LogP contribution in [0.5, 0.6) is 0 Å². The second-order valence-corrected chi connectivity index (χ2v) is 14.6. The van der Waals surface area contributed by atoms with E-state index in [-0.39, 0.29) is 6.04 Å². The lowest BCUT2D eigenvalue weighted by atomic mass is 9.89. The average Bonchev–Trinajstić information content (AvgIpc) is 3.26. The van der Waals surface area contributed by atoms with Gasteiger partial charge in [0.25, 0.3) is 0 Å². The van der Waals surface area contributed by atoms with Crippen LogP contribution in [-0.2, 0) is 0 Å². The lowest BCUT2D eigenvalue weighted by Gasteiger charge is -2.36. The van der Waals surface area contributed by atoms with E-state index in [4.69, 9.17) is 9.98 Å². The van der Waals surface area contributed by atoms with Crippen molar-refractivity contribution in [3.8, 4) is 22.4 Å². The van der Waals surface area contributed by atoms with E-state index in [9.17, 15) is 0 Å². The maximum atomic E-state index is 5.39. The van der Waals surface area contributed by atoms with Gasteiger partial charge < -0.3 is 4.90 Å². The molecule has 3 nitrogen and oxygen atoms in total. The number of allylic oxidation sites excluding steroid dienone is 2. The highest BCUT2D eigenvalue weighted by molar-refractivity contribution is 6.33. The number of aliphatic imine (C=N–C) groups is 1. The van der Waals surface area contributed by atoms with Crippen molar-refractivity contribution in [1.29, 1.82) is 0 Å². The van der Waals surface area contributed by atoms with Gasteiger partial charge in [-0.3, -0.25) is 0 Å². The molecule has 9 aromatic rings. The van der Waals surface area contributed by atoms with E-state index in [1.54, 1.807) is 0 Å². The minimum atomic E-state index is 0.104. The molecular formula is C52H35N3. The molecule has 0 fully saturated rings. The van der Waals surface area contributed by atoms with Gasteiger partial charge in [0.1, 0.15) is 5.84 Å². The first-order valence-corrected chi connectivity index (χ1v) is 18.9. The van der Waals surface area contributed by atoms with Crippen molar-refractivity contribution >= 4 is 65.5 Å². The molecule has 0 radical (unpaired) electrons. The molecule has 1 unspecified atom stereocenters. The van der Waals surface area contributed by atoms with Gasteiger partial charge in [0.05, 0.1) is 22.9 Å². The van der Waals surface area contributed by atoms with Crippen LogP contribution < -0.4 is 0 Å². The van der Waals surface area contributed by atoms with Crippen LogP contribution in [-0.4, -0.2) is 28.8 Å². The summed E-state index contributed by atoms with van der Waals surface area (Å²) in [5.74, 6) is 0.961. The van der Waals surface area contributed by atoms with Gasteiger partial charge in [-0.2, -0.15) is 0 Å². The SMILES string of the molecule is CN1C(c2ccc(-c3cccc(-c4nc5ccccc5c5c6ccccc6c6ccccc6c45)c3)cc2)=NC(c2ccc3ccccc3c2)=C2C=CC=CC21. The zero-order chi connectivity index (χ0) is 36.5. The lowest BCUT2D eigenvalue weighted by molar-refractivity contribution is 0.469. The number of likely N-dealkylation sites (N-methyl/N-ethyl adjacent to an activating group) is 1. The van der Waals surface area contributed by atoms with Gasteiger partial charge in [0, 0.05) is 45.5 Å². The monoisotopic (exact) mass is 701 g/mol. The van der Waals surface area contributed by atoms with Crippen molar-refractivity contribution in [2.24, 2.45) is 4.99 Å². The Bertz CT molecular complexity index is 3160. The number of pyridine rings is 1. The first-order valence-electron chi connectivity index (χ1n) is 18.9. The molecule has 2 aliphatic rings. The van der Waals surface area contributed by atoms with Crippen LogP contribution in [0.3, 0.4) is 0 Å². The molecule has 1 aliphatic heterocycles. The van der Waals surface area contributed by atoms with E-state index in [1.165, 1.54) is 54.0 Å². The van der Waals surface area contributed by atoms with Gasteiger partial charge in [-0.1, -0.05) is 170 Å². The summed E-state index contributed by atoms with van der Waals surface area (Å²) >= 11 is 0. The number of hydrogen-bond acceptors (Lipinski definition) is 3. The molecule has 0 bridgehead atoms. The Morgan fingerprint density at radius 2 is 1.11 bits per heavy atom. The van der Waals surface area contributed by atoms with Gasteiger partial charge >= 0.3 is 0 Å². The third-order valence-corrected chi connectivity index (χ3v) is 11.5. The molecule has 8 aromatic carbocycles. The molecule has 1 aliphatic carbocycles. The smallest absolute Gasteiger partial charge is 0.137 e. The number of rotatable bonds is 4. The largest absolute Gasteiger partial charge is 0.349 e. The number of aromatic nitrogens is 1. The van der Waals surface area contributed by atoms with E-state index in [0.717, 1.165) is 50.6 Å². The number of amidine groups is 1. The van der Waals surface area contributed by atoms with Gasteiger partial charge in [-0.25, -0.2) is 9.98 Å². The summed E-state index contributed by atoms with van der Waals surface area (Å²) in [7, 11) is 2.15. The quantitative estimate of drug-likeness (QED) is 0.171. The number of nitrogens with zero attached hydrogens (tertiary/aromatic N) is 3. The molecule has 0 spiro atoms. The Balaban J connectivity index is 1.03. The van der Waals surface area contributed by atoms with Crippen LogP contribution in [0.1, 0.15) is 11.1 Å². The van der Waals surface area contributed by atoms with Crippen molar-refractivity contribution in [2.45, 2.75) is 6.04 Å². The van der Waals surface area contributed by atoms with Crippen molar-refractivity contribution in [3.63, 3.8) is 0 Å². The predicted molar refractivity (Wildman–Crippen MR) is 232 cm³/mol. The fourth-order valence-electron chi connectivity index (χ4n) is 8.80. The fourth-order valence-corrected chi connectivity index (χ4v) is 8.80. The third kappa shape index (κ3) is 5.04. The fraction of sp³-hybridized carbons (Fsp3) is 0.0385. The summed E-state index contributed by atoms with van der Waals surface area (Å²) in [4.78, 5) is 13.1. The summed E-state index contributed by atoms with van der Waals surface area (Å²) in [6.45, 7) is 0. The standard InChI is InChI=1S/C52H35N3/c1-55-47-24-11-9-22-45(47)50(39-30-27-33-13-2-3-14-36(33)32-39)54-52(55)35-28-25-34(26-29-35)37-15-12-16-38(31-37)51-49-43-20-7-5-18-41(43)40-17-4-6-19-42(40)48(49)44-21-8-10-23-46(44)53-51/h2-32,47H,1H3. The van der Waals surface area contributed by atoms with Crippen molar-refractivity contribution in [3.05, 3.63) is 205 Å². The summed E-state index contributed by atoms with van der Waals surface area (Å²) < 4.78 is 0. The van der Waals surface area contributed by atoms with E-state index in [1.807, 2.05) is 0 Å². The van der Waals surface area contributed by atoms with Crippen LogP contribution in [0.25, 0.3) is 82.1 Å². The van der Waals surface area contributed by atoms with Crippen LogP contribution in [0.2, 0.25) is 0 Å². The number of hydrogen-bond donors (Lipinski definition) is 0. The Hall–Kier alpha value is -7.10. The second kappa shape index (κ2) is 12.5. The molecule has 3 heteroatoms. The molecule has 11 rings (SSSR count). The Kier molecular flexibility index (Phi) is 7.14. The van der Waals surface area contributed by atoms with Crippen LogP contribution >= 0.6 is 0 Å². The highest BCUT2D eigenvalue weighted by Gasteiger charge is 2.29. The number of benzene rings is 8. The van der Waals surface area contributed by atoms with E-state index >= 15 is 0 Å². The van der Waals surface area contributed by atoms with Gasteiger partial charge in [-0.05, 0) is 61.6 Å². The number of para-hydroxylation sites is 1. The van der Waals surface area contributed by atoms with Gasteiger partial charge in [0.15, 0.2) is 0 Å². The third-order valence-electron chi connectivity index (χ3n) is 11.5. The Morgan fingerprint density at radius 3 is 1.91 bits per heavy atom. The molecule has 1 aromatic heterocycles. The van der Waals surface area contributed by atoms with E-state index in [0.29, 0.717) is 0 Å². The number of fused-ring (bicyclic) bond motifs is 10. The van der Waals surface area contributed by atoms with Gasteiger partial charge in [-0.15, -0.1) is 0 Å². The van der Waals surface area contributed by atoms with Gasteiger partial charge in [0.2, 0.25) is 0 Å². The van der Waals surface area contributed by atoms with Crippen molar-refractivity contribution in [2.75, 3.05) is 7.05 Å². The topological polar surface area (TPSA) is 28.5 Å². The summed E-state index contributed by atoms with van der Waals surface area (Å²) in [6.07, 6.45) is 8.73. The highest BCUT2D eigenvalue weighted by Crippen LogP contribution is 2.43. The maximum Gasteiger partial charge on any atom is 0.137 e. The molecule has 0 N–H and O–H groups in total. The first kappa shape index (κ1) is 31.4. The van der Waals surface area contributed by atoms with Crippen LogP contribution in [0.15, 0.2) is 199 Å². The molecule has 1 atom stereocenters. The predicted octanol–water partition coefficient (Wildman–Crippen LogP) is 12.8. The lowest BCUT2D eigenvalue weighted by Crippen LogP contribution is -2.40. The van der Waals surface area contributed by atoms with Crippen molar-refractivity contribution < 1.29 is 0 Å². The molecule has 0 amide bonds. The highest BCUT2D eigenvalue weighted by atomic mass is 15.2. The van der Waals surface area contributed by atoms with Crippen LogP contribution in [0.4, 0.5) is 0 Å². The zero-order valence-corrected chi connectivity index (χ0v) is 30.3. The molecule has 55 heavy (non-hydrogen) atoms. The second-order valence-electron chi connectivity index (χ2n) is 14.6. The Morgan fingerprint density at radius 1 is 0.473 bits per heavy atom. The van der Waals surface area contributed by atoms with E-state index < -0.39 is 0 Å². The Labute approximate surface area is 319 Å². The summed E-state index contributed by atoms with van der Waals surface area (Å²) in [5, 5.41) is 11.1. The first-order chi connectivity index (χ1) is 27.2. The molecule has 0 saturated carbocycles. The normalized spacial score (nSPS) is 15.4. The molecule has 2 heterocycles. The molecule has 0 saturated heterocycles. The minimum absolute atomic E-state index is 0.104. The average molecular weight is 702 g/mol. The zero-order valence-electron chi connectivity index (χ0n) is 30.3. The minimum Gasteiger partial charge on any atom is -0.349 e. The van der Waals surface area contributed by atoms with E-state index in [2.05, 4.69) is 200 Å². The summed E-state index contributed by atoms with van der Waals surface area (Å²) in [5.41, 5.74) is 9.86. The van der Waals surface area contributed by atoms with Crippen molar-refractivity contribution in [1.82, 2.24) is 9.88 Å². The summed E-state index contributed by atoms with van der Waals surface area (Å²) in [6, 6.07) is 59.2.